The molecule has 1 radical (unpaired) electrons. The normalized spacial score (nSPS) is 20.4. The van der Waals surface area contributed by atoms with Gasteiger partial charge in [0.2, 0.25) is 0 Å². The molecular weight excluding hydrogens is 467 g/mol. The first-order valence-corrected chi connectivity index (χ1v) is 13.4. The molecule has 1 aromatic carbocycles. The molecule has 2 N–H and O–H groups in total. The van der Waals surface area contributed by atoms with Crippen LogP contribution in [0.25, 0.3) is 0 Å². The van der Waals surface area contributed by atoms with E-state index in [2.05, 4.69) is 48.1 Å². The zero-order chi connectivity index (χ0) is 26.4. The fourth-order valence-electron chi connectivity index (χ4n) is 5.10. The Hall–Kier alpha value is -3.10. The first-order valence-electron chi connectivity index (χ1n) is 13.4. The topological polar surface area (TPSA) is 99.8 Å². The number of nitrogen functional groups attached to an aromatic ring is 1. The maximum absolute atomic E-state index is 11.6. The first-order chi connectivity index (χ1) is 17.9. The van der Waals surface area contributed by atoms with Crippen molar-refractivity contribution in [1.82, 2.24) is 9.97 Å². The number of nitrogens with zero attached hydrogens (tertiary/aromatic N) is 3. The number of hydrogen-bond acceptors (Lipinski definition) is 8. The molecule has 1 unspecified atom stereocenters. The van der Waals surface area contributed by atoms with Gasteiger partial charge in [-0.05, 0) is 0 Å². The van der Waals surface area contributed by atoms with Gasteiger partial charge in [0.1, 0.15) is 0 Å². The molecule has 1 aliphatic carbocycles. The van der Waals surface area contributed by atoms with E-state index in [1.54, 1.807) is 0 Å². The van der Waals surface area contributed by atoms with Crippen molar-refractivity contribution in [2.45, 2.75) is 64.7 Å². The molecule has 197 valence electrons. The summed E-state index contributed by atoms with van der Waals surface area (Å²) in [5, 5.41) is 0. The second-order valence-electron chi connectivity index (χ2n) is 10.2. The average Bonchev–Trinajstić information content (AvgIpc) is 3.07. The molecule has 2 aromatic rings. The number of hydrogen-bond donors (Lipinski definition) is 1. The summed E-state index contributed by atoms with van der Waals surface area (Å²) >= 11 is 0. The van der Waals surface area contributed by atoms with Crippen LogP contribution in [0.3, 0.4) is 0 Å². The molecule has 1 aliphatic heterocycles. The van der Waals surface area contributed by atoms with Gasteiger partial charge in [0.05, 0.1) is 7.11 Å². The third-order valence-corrected chi connectivity index (χ3v) is 7.73. The van der Waals surface area contributed by atoms with Gasteiger partial charge in [-0.15, -0.1) is 0 Å². The fraction of sp³-hybridized carbons (Fsp3) is 0.571. The van der Waals surface area contributed by atoms with Gasteiger partial charge in [0, 0.05) is 0 Å². The van der Waals surface area contributed by atoms with Crippen LogP contribution in [0.5, 0.6) is 11.9 Å². The first kappa shape index (κ1) is 27.0. The molecule has 1 aromatic heterocycles. The third-order valence-electron chi connectivity index (χ3n) is 7.73. The molecule has 0 bridgehead atoms. The van der Waals surface area contributed by atoms with Crippen molar-refractivity contribution >= 4 is 30.5 Å². The number of esters is 1. The second-order valence-corrected chi connectivity index (χ2v) is 10.2. The summed E-state index contributed by atoms with van der Waals surface area (Å²) in [6.07, 6.45) is 6.79. The molecule has 0 spiro atoms. The zero-order valence-electron chi connectivity index (χ0n) is 22.2. The van der Waals surface area contributed by atoms with Crippen molar-refractivity contribution in [2.75, 3.05) is 37.5 Å². The van der Waals surface area contributed by atoms with Crippen LogP contribution >= 0.6 is 0 Å². The van der Waals surface area contributed by atoms with Crippen LogP contribution in [0.1, 0.15) is 75.8 Å². The van der Waals surface area contributed by atoms with Crippen LogP contribution in [0.4, 0.5) is 11.5 Å². The predicted octanol–water partition coefficient (Wildman–Crippen LogP) is 4.26. The van der Waals surface area contributed by atoms with Crippen LogP contribution in [-0.2, 0) is 9.53 Å². The molecule has 2 heterocycles. The number of rotatable bonds is 9. The van der Waals surface area contributed by atoms with Crippen molar-refractivity contribution in [3.63, 3.8) is 0 Å². The van der Waals surface area contributed by atoms with E-state index in [0.717, 1.165) is 44.2 Å². The Morgan fingerprint density at radius 2 is 1.95 bits per heavy atom. The summed E-state index contributed by atoms with van der Waals surface area (Å²) in [4.78, 5) is 22.4. The second kappa shape index (κ2) is 12.4. The van der Waals surface area contributed by atoms with Crippen molar-refractivity contribution in [2.24, 2.45) is 11.8 Å². The number of nitrogens with two attached hydrogens (primary N) is 1. The van der Waals surface area contributed by atoms with Gasteiger partial charge >= 0.3 is 204 Å². The van der Waals surface area contributed by atoms with Crippen LogP contribution in [0, 0.1) is 11.8 Å². The number of aromatic nitrogens is 2. The number of ether oxygens (including phenoxy) is 3. The van der Waals surface area contributed by atoms with Crippen molar-refractivity contribution in [3.8, 4) is 11.9 Å². The number of carbonyl (C=O) groups excluding carboxylic acids is 1. The van der Waals surface area contributed by atoms with Gasteiger partial charge in [-0.25, -0.2) is 0 Å². The number of anilines is 2. The van der Waals surface area contributed by atoms with Gasteiger partial charge in [-0.1, -0.05) is 0 Å². The van der Waals surface area contributed by atoms with Gasteiger partial charge < -0.3 is 4.74 Å². The standard InChI is InChI=1S/C28H38BN4O4/c1-4-18(2)13-15-37-28-31-26(30)24-25(29)33(14-16-36-27(24)32-28)22-11-9-21(10-12-22)20-7-5-19(6-8-20)17-23(34)35-3/h9-12,18-20H,4-8,13-17H2,1-3H3,(H2,30,31,32). The Kier molecular flexibility index (Phi) is 9.06. The summed E-state index contributed by atoms with van der Waals surface area (Å²) in [6.45, 7) is 5.84. The summed E-state index contributed by atoms with van der Waals surface area (Å²) in [7, 11) is 8.06. The average molecular weight is 505 g/mol. The van der Waals surface area contributed by atoms with E-state index >= 15 is 0 Å². The number of fused-ring (bicyclic) bond motifs is 1. The van der Waals surface area contributed by atoms with E-state index in [1.807, 2.05) is 4.90 Å². The van der Waals surface area contributed by atoms with Crippen molar-refractivity contribution in [1.29, 1.82) is 0 Å². The van der Waals surface area contributed by atoms with Crippen LogP contribution in [-0.4, -0.2) is 55.9 Å². The minimum absolute atomic E-state index is 0.110. The Balaban J connectivity index is 1.42. The van der Waals surface area contributed by atoms with Gasteiger partial charge in [-0.2, -0.15) is 0 Å². The number of benzene rings is 1. The fourth-order valence-corrected chi connectivity index (χ4v) is 5.10. The van der Waals surface area contributed by atoms with E-state index in [0.29, 0.717) is 61.0 Å². The van der Waals surface area contributed by atoms with Gasteiger partial charge in [0.15, 0.2) is 0 Å². The van der Waals surface area contributed by atoms with Crippen LogP contribution in [0.15, 0.2) is 24.3 Å². The Morgan fingerprint density at radius 1 is 1.22 bits per heavy atom. The van der Waals surface area contributed by atoms with E-state index in [1.165, 1.54) is 12.7 Å². The summed E-state index contributed by atoms with van der Waals surface area (Å²) in [5.41, 5.74) is 9.54. The van der Waals surface area contributed by atoms with Crippen molar-refractivity contribution < 1.29 is 19.0 Å². The summed E-state index contributed by atoms with van der Waals surface area (Å²) in [5.74, 6) is 1.98. The molecular formula is C28H38BN4O4. The molecule has 1 saturated carbocycles. The minimum atomic E-state index is -0.110. The molecule has 1 fully saturated rings. The van der Waals surface area contributed by atoms with E-state index in [4.69, 9.17) is 27.4 Å². The molecule has 2 aliphatic rings. The monoisotopic (exact) mass is 505 g/mol. The molecule has 0 saturated heterocycles. The molecule has 0 amide bonds. The predicted molar refractivity (Wildman–Crippen MR) is 146 cm³/mol. The molecule has 8 nitrogen and oxygen atoms in total. The Labute approximate surface area is 221 Å². The number of methoxy groups -OCH3 is 1. The van der Waals surface area contributed by atoms with Crippen LogP contribution in [0.2, 0.25) is 0 Å². The Morgan fingerprint density at radius 3 is 2.62 bits per heavy atom. The van der Waals surface area contributed by atoms with Gasteiger partial charge in [0.25, 0.3) is 0 Å². The quantitative estimate of drug-likeness (QED) is 0.399. The maximum atomic E-state index is 11.6. The molecule has 1 atom stereocenters. The molecule has 9 heteroatoms. The summed E-state index contributed by atoms with van der Waals surface area (Å²) in [6, 6.07) is 8.75. The number of carbonyl (C=O) groups is 1. The zero-order valence-corrected chi connectivity index (χ0v) is 22.2. The van der Waals surface area contributed by atoms with E-state index in [9.17, 15) is 4.79 Å². The molecule has 37 heavy (non-hydrogen) atoms. The van der Waals surface area contributed by atoms with Crippen molar-refractivity contribution in [3.05, 3.63) is 35.4 Å². The van der Waals surface area contributed by atoms with E-state index < -0.39 is 0 Å². The third kappa shape index (κ3) is 6.62. The summed E-state index contributed by atoms with van der Waals surface area (Å²) < 4.78 is 16.5. The Bertz CT molecular complexity index is 1090. The molecule has 4 rings (SSSR count). The SMILES string of the molecule is [B]=C1c2c(N)nc(OCCC(C)CC)nc2OCCN1c1ccc(C2CCC(CC(=O)OC)CC2)cc1. The van der Waals surface area contributed by atoms with Crippen LogP contribution < -0.4 is 20.1 Å². The van der Waals surface area contributed by atoms with E-state index in [-0.39, 0.29) is 17.8 Å². The van der Waals surface area contributed by atoms with Gasteiger partial charge in [-0.3, -0.25) is 4.79 Å².